The van der Waals surface area contributed by atoms with Gasteiger partial charge in [-0.3, -0.25) is 9.59 Å². The average Bonchev–Trinajstić information content (AvgIpc) is 2.55. The summed E-state index contributed by atoms with van der Waals surface area (Å²) in [5, 5.41) is 2.81. The van der Waals surface area contributed by atoms with Crippen molar-refractivity contribution in [2.75, 3.05) is 19.7 Å². The van der Waals surface area contributed by atoms with Crippen LogP contribution in [0.25, 0.3) is 0 Å². The number of rotatable bonds is 2. The van der Waals surface area contributed by atoms with E-state index in [0.29, 0.717) is 19.7 Å². The summed E-state index contributed by atoms with van der Waals surface area (Å²) in [4.78, 5) is 21.9. The summed E-state index contributed by atoms with van der Waals surface area (Å²) in [5.41, 5.74) is 0. The molecule has 0 aromatic rings. The summed E-state index contributed by atoms with van der Waals surface area (Å²) in [6.45, 7) is 6.79. The van der Waals surface area contributed by atoms with E-state index in [1.54, 1.807) is 6.92 Å². The van der Waals surface area contributed by atoms with Crippen LogP contribution in [0.2, 0.25) is 0 Å². The molecule has 1 fully saturated rings. The van der Waals surface area contributed by atoms with Gasteiger partial charge in [-0.2, -0.15) is 0 Å². The molecule has 1 heterocycles. The van der Waals surface area contributed by atoms with Gasteiger partial charge in [-0.25, -0.2) is 0 Å². The summed E-state index contributed by atoms with van der Waals surface area (Å²) in [5.74, 6) is -1.03. The van der Waals surface area contributed by atoms with Crippen LogP contribution in [0.3, 0.4) is 0 Å². The summed E-state index contributed by atoms with van der Waals surface area (Å²) in [6.07, 6.45) is 0. The van der Waals surface area contributed by atoms with Crippen LogP contribution in [0, 0.1) is 5.92 Å². The minimum absolute atomic E-state index is 0.0662. The highest BCUT2D eigenvalue weighted by Gasteiger charge is 2.31. The zero-order chi connectivity index (χ0) is 10.3. The number of nitrogens with one attached hydrogen (secondary N) is 1. The van der Waals surface area contributed by atoms with Gasteiger partial charge in [-0.1, -0.05) is 13.8 Å². The fourth-order valence-electron chi connectivity index (χ4n) is 1.03. The molecule has 1 aliphatic heterocycles. The summed E-state index contributed by atoms with van der Waals surface area (Å²) < 4.78 is 4.70. The van der Waals surface area contributed by atoms with Gasteiger partial charge in [0, 0.05) is 6.54 Å². The van der Waals surface area contributed by atoms with Crippen molar-refractivity contribution in [3.63, 3.8) is 0 Å². The molecule has 4 heteroatoms. The van der Waals surface area contributed by atoms with Gasteiger partial charge in [-0.05, 0) is 6.92 Å². The van der Waals surface area contributed by atoms with Crippen molar-refractivity contribution >= 4 is 11.8 Å². The Bertz CT molecular complexity index is 180. The van der Waals surface area contributed by atoms with Crippen molar-refractivity contribution < 1.29 is 14.3 Å². The summed E-state index contributed by atoms with van der Waals surface area (Å²) in [6, 6.07) is 0. The number of carbonyl (C=O) groups is 2. The Hall–Kier alpha value is -0.900. The lowest BCUT2D eigenvalue weighted by Gasteiger charge is -2.04. The molecule has 0 aromatic carbocycles. The summed E-state index contributed by atoms with van der Waals surface area (Å²) >= 11 is 0. The lowest BCUT2D eigenvalue weighted by atomic mass is 10.1. The molecular weight excluding hydrogens is 170 g/mol. The van der Waals surface area contributed by atoms with Crippen LogP contribution >= 0.6 is 0 Å². The van der Waals surface area contributed by atoms with Crippen LogP contribution in [-0.4, -0.2) is 31.4 Å². The van der Waals surface area contributed by atoms with Gasteiger partial charge < -0.3 is 10.1 Å². The first-order valence-electron chi connectivity index (χ1n) is 4.65. The molecule has 1 N–H and O–H groups in total. The normalized spacial score (nSPS) is 20.5. The number of hydrogen-bond acceptors (Lipinski definition) is 4. The zero-order valence-corrected chi connectivity index (χ0v) is 8.42. The van der Waals surface area contributed by atoms with E-state index in [1.165, 1.54) is 0 Å². The summed E-state index contributed by atoms with van der Waals surface area (Å²) in [7, 11) is 0. The Morgan fingerprint density at radius 1 is 1.62 bits per heavy atom. The van der Waals surface area contributed by atoms with Crippen LogP contribution < -0.4 is 5.32 Å². The van der Waals surface area contributed by atoms with Crippen LogP contribution in [0.4, 0.5) is 0 Å². The fourth-order valence-corrected chi connectivity index (χ4v) is 1.03. The van der Waals surface area contributed by atoms with Gasteiger partial charge in [0.2, 0.25) is 0 Å². The number of hydrogen-bond donors (Lipinski definition) is 1. The van der Waals surface area contributed by atoms with Crippen LogP contribution in [0.1, 0.15) is 20.8 Å². The molecule has 0 aromatic heterocycles. The molecule has 1 rings (SSSR count). The van der Waals surface area contributed by atoms with Crippen LogP contribution in [0.15, 0.2) is 0 Å². The van der Waals surface area contributed by atoms with Gasteiger partial charge in [-0.15, -0.1) is 0 Å². The number of ether oxygens (including phenoxy) is 1. The number of ketones is 1. The maximum Gasteiger partial charge on any atom is 0.317 e. The Morgan fingerprint density at radius 3 is 2.62 bits per heavy atom. The molecule has 76 valence electrons. The Morgan fingerprint density at radius 2 is 2.23 bits per heavy atom. The van der Waals surface area contributed by atoms with Gasteiger partial charge >= 0.3 is 5.97 Å². The van der Waals surface area contributed by atoms with Crippen molar-refractivity contribution in [2.24, 2.45) is 5.92 Å². The van der Waals surface area contributed by atoms with Gasteiger partial charge in [0.1, 0.15) is 5.92 Å². The molecule has 1 atom stereocenters. The zero-order valence-electron chi connectivity index (χ0n) is 8.42. The molecule has 0 aliphatic carbocycles. The van der Waals surface area contributed by atoms with Gasteiger partial charge in [0.15, 0.2) is 5.78 Å². The van der Waals surface area contributed by atoms with Gasteiger partial charge in [0.05, 0.1) is 13.2 Å². The lowest BCUT2D eigenvalue weighted by molar-refractivity contribution is -0.149. The predicted molar refractivity (Wildman–Crippen MR) is 49.3 cm³/mol. The van der Waals surface area contributed by atoms with E-state index < -0.39 is 11.9 Å². The van der Waals surface area contributed by atoms with Crippen molar-refractivity contribution in [1.29, 1.82) is 0 Å². The maximum absolute atomic E-state index is 11.0. The molecule has 0 bridgehead atoms. The average molecular weight is 187 g/mol. The SMILES string of the molecule is CC.CCOC(=O)C1CNCC1=O. The fraction of sp³-hybridized carbons (Fsp3) is 0.778. The third-order valence-corrected chi connectivity index (χ3v) is 1.61. The molecule has 0 spiro atoms. The third-order valence-electron chi connectivity index (χ3n) is 1.61. The number of esters is 1. The van der Waals surface area contributed by atoms with E-state index in [9.17, 15) is 9.59 Å². The first-order chi connectivity index (χ1) is 6.25. The predicted octanol–water partition coefficient (Wildman–Crippen LogP) is 0.364. The smallest absolute Gasteiger partial charge is 0.317 e. The molecule has 0 amide bonds. The van der Waals surface area contributed by atoms with Gasteiger partial charge in [0.25, 0.3) is 0 Å². The molecule has 0 radical (unpaired) electrons. The van der Waals surface area contributed by atoms with E-state index in [2.05, 4.69) is 5.32 Å². The molecule has 0 saturated carbocycles. The molecule has 1 unspecified atom stereocenters. The standard InChI is InChI=1S/C7H11NO3.C2H6/c1-2-11-7(10)5-3-8-4-6(5)9;1-2/h5,8H,2-4H2,1H3;1-2H3. The molecule has 1 saturated heterocycles. The van der Waals surface area contributed by atoms with E-state index >= 15 is 0 Å². The highest BCUT2D eigenvalue weighted by molar-refractivity contribution is 6.01. The largest absolute Gasteiger partial charge is 0.465 e. The van der Waals surface area contributed by atoms with E-state index in [1.807, 2.05) is 13.8 Å². The Kier molecular flexibility index (Phi) is 6.14. The number of Topliss-reactive ketones (excluding diaryl/α,β-unsaturated/α-hetero) is 1. The Balaban J connectivity index is 0.000000671. The highest BCUT2D eigenvalue weighted by Crippen LogP contribution is 2.05. The van der Waals surface area contributed by atoms with Crippen LogP contribution in [-0.2, 0) is 14.3 Å². The second-order valence-corrected chi connectivity index (χ2v) is 2.40. The van der Waals surface area contributed by atoms with Crippen molar-refractivity contribution in [3.05, 3.63) is 0 Å². The Labute approximate surface area is 78.6 Å². The molecular formula is C9H17NO3. The molecule has 4 nitrogen and oxygen atoms in total. The topological polar surface area (TPSA) is 55.4 Å². The minimum Gasteiger partial charge on any atom is -0.465 e. The quantitative estimate of drug-likeness (QED) is 0.501. The van der Waals surface area contributed by atoms with E-state index in [0.717, 1.165) is 0 Å². The second-order valence-electron chi connectivity index (χ2n) is 2.40. The third kappa shape index (κ3) is 3.55. The maximum atomic E-state index is 11.0. The number of carbonyl (C=O) groups excluding carboxylic acids is 2. The monoisotopic (exact) mass is 187 g/mol. The lowest BCUT2D eigenvalue weighted by Crippen LogP contribution is -2.24. The van der Waals surface area contributed by atoms with E-state index in [-0.39, 0.29) is 5.78 Å². The second kappa shape index (κ2) is 6.60. The molecule has 1 aliphatic rings. The van der Waals surface area contributed by atoms with Crippen LogP contribution in [0.5, 0.6) is 0 Å². The minimum atomic E-state index is -0.560. The highest BCUT2D eigenvalue weighted by atomic mass is 16.5. The molecule has 13 heavy (non-hydrogen) atoms. The van der Waals surface area contributed by atoms with Crippen molar-refractivity contribution in [3.8, 4) is 0 Å². The van der Waals surface area contributed by atoms with Crippen molar-refractivity contribution in [1.82, 2.24) is 5.32 Å². The van der Waals surface area contributed by atoms with Crippen molar-refractivity contribution in [2.45, 2.75) is 20.8 Å². The first kappa shape index (κ1) is 12.1. The van der Waals surface area contributed by atoms with E-state index in [4.69, 9.17) is 4.74 Å². The first-order valence-corrected chi connectivity index (χ1v) is 4.65.